The third kappa shape index (κ3) is 4.68. The van der Waals surface area contributed by atoms with E-state index in [-0.39, 0.29) is 11.8 Å². The van der Waals surface area contributed by atoms with Crippen LogP contribution in [0.3, 0.4) is 0 Å². The number of carbonyl (C=O) groups is 2. The Bertz CT molecular complexity index is 973. The van der Waals surface area contributed by atoms with Gasteiger partial charge in [-0.15, -0.1) is 11.3 Å². The second-order valence-electron chi connectivity index (χ2n) is 5.77. The summed E-state index contributed by atoms with van der Waals surface area (Å²) in [5.41, 5.74) is 0.987. The number of rotatable bonds is 7. The highest BCUT2D eigenvalue weighted by molar-refractivity contribution is 7.14. The number of hydrogen-bond acceptors (Lipinski definition) is 7. The summed E-state index contributed by atoms with van der Waals surface area (Å²) in [6.45, 7) is 1.75. The Morgan fingerprint density at radius 3 is 2.50 bits per heavy atom. The molecule has 0 saturated carbocycles. The van der Waals surface area contributed by atoms with Crippen molar-refractivity contribution in [3.8, 4) is 23.0 Å². The molecule has 1 aromatic carbocycles. The fraction of sp³-hybridized carbons (Fsp3) is 0.211. The summed E-state index contributed by atoms with van der Waals surface area (Å²) in [6, 6.07) is 8.46. The van der Waals surface area contributed by atoms with Gasteiger partial charge in [0.1, 0.15) is 23.0 Å². The van der Waals surface area contributed by atoms with E-state index in [1.165, 1.54) is 32.5 Å². The van der Waals surface area contributed by atoms with E-state index in [0.29, 0.717) is 46.0 Å². The van der Waals surface area contributed by atoms with Crippen LogP contribution in [0.2, 0.25) is 0 Å². The Labute approximate surface area is 165 Å². The van der Waals surface area contributed by atoms with Crippen molar-refractivity contribution in [3.63, 3.8) is 0 Å². The van der Waals surface area contributed by atoms with Gasteiger partial charge in [0.2, 0.25) is 5.91 Å². The number of hydrogen-bond donors (Lipinski definition) is 2. The van der Waals surface area contributed by atoms with Gasteiger partial charge in [0.15, 0.2) is 10.9 Å². The molecular formula is C19H19N3O5S. The maximum atomic E-state index is 12.5. The van der Waals surface area contributed by atoms with E-state index in [9.17, 15) is 9.59 Å². The molecule has 9 heteroatoms. The minimum atomic E-state index is -0.330. The number of methoxy groups -OCH3 is 2. The Kier molecular flexibility index (Phi) is 5.95. The molecular weight excluding hydrogens is 382 g/mol. The average Bonchev–Trinajstić information content (AvgIpc) is 3.35. The standard InChI is InChI=1S/C19H19N3O5S/c1-11(23)20-9-13-4-5-17(27-13)16-10-28-19(21-16)22-18(24)12-6-14(25-2)8-15(7-12)26-3/h4-8,10H,9H2,1-3H3,(H,20,23)(H,21,22,24). The lowest BCUT2D eigenvalue weighted by Gasteiger charge is -2.08. The molecule has 0 aliphatic carbocycles. The van der Waals surface area contributed by atoms with Gasteiger partial charge < -0.3 is 19.2 Å². The first-order valence-electron chi connectivity index (χ1n) is 8.32. The summed E-state index contributed by atoms with van der Waals surface area (Å²) in [7, 11) is 3.04. The van der Waals surface area contributed by atoms with E-state index < -0.39 is 0 Å². The molecule has 0 saturated heterocycles. The van der Waals surface area contributed by atoms with Crippen molar-refractivity contribution >= 4 is 28.3 Å². The van der Waals surface area contributed by atoms with E-state index >= 15 is 0 Å². The van der Waals surface area contributed by atoms with Crippen LogP contribution in [-0.2, 0) is 11.3 Å². The zero-order valence-electron chi connectivity index (χ0n) is 15.6. The summed E-state index contributed by atoms with van der Waals surface area (Å²) < 4.78 is 16.0. The minimum absolute atomic E-state index is 0.134. The fourth-order valence-corrected chi connectivity index (χ4v) is 3.07. The van der Waals surface area contributed by atoms with Gasteiger partial charge in [-0.05, 0) is 24.3 Å². The van der Waals surface area contributed by atoms with Gasteiger partial charge in [-0.2, -0.15) is 0 Å². The molecule has 0 aliphatic heterocycles. The number of thiazole rings is 1. The molecule has 2 aromatic heterocycles. The monoisotopic (exact) mass is 401 g/mol. The van der Waals surface area contributed by atoms with Crippen molar-refractivity contribution in [1.29, 1.82) is 0 Å². The fourth-order valence-electron chi connectivity index (χ4n) is 2.37. The van der Waals surface area contributed by atoms with Crippen LogP contribution >= 0.6 is 11.3 Å². The van der Waals surface area contributed by atoms with Crippen LogP contribution in [0.4, 0.5) is 5.13 Å². The summed E-state index contributed by atoms with van der Waals surface area (Å²) in [5, 5.41) is 7.64. The molecule has 3 rings (SSSR count). The van der Waals surface area contributed by atoms with Crippen LogP contribution in [0.5, 0.6) is 11.5 Å². The SMILES string of the molecule is COc1cc(OC)cc(C(=O)Nc2nc(-c3ccc(CNC(C)=O)o3)cs2)c1. The van der Waals surface area contributed by atoms with E-state index in [4.69, 9.17) is 13.9 Å². The number of anilines is 1. The minimum Gasteiger partial charge on any atom is -0.497 e. The normalized spacial score (nSPS) is 10.4. The van der Waals surface area contributed by atoms with E-state index in [0.717, 1.165) is 0 Å². The van der Waals surface area contributed by atoms with E-state index in [2.05, 4.69) is 15.6 Å². The Morgan fingerprint density at radius 1 is 1.14 bits per heavy atom. The van der Waals surface area contributed by atoms with Crippen molar-refractivity contribution < 1.29 is 23.5 Å². The van der Waals surface area contributed by atoms with Gasteiger partial charge in [0, 0.05) is 23.9 Å². The number of ether oxygens (including phenoxy) is 2. The molecule has 3 aromatic rings. The smallest absolute Gasteiger partial charge is 0.257 e. The van der Waals surface area contributed by atoms with Gasteiger partial charge in [-0.25, -0.2) is 4.98 Å². The second-order valence-corrected chi connectivity index (χ2v) is 6.63. The maximum Gasteiger partial charge on any atom is 0.257 e. The molecule has 0 fully saturated rings. The first kappa shape index (κ1) is 19.4. The molecule has 146 valence electrons. The van der Waals surface area contributed by atoms with Crippen LogP contribution in [0.15, 0.2) is 40.1 Å². The quantitative estimate of drug-likeness (QED) is 0.630. The molecule has 0 bridgehead atoms. The van der Waals surface area contributed by atoms with Crippen LogP contribution in [0, 0.1) is 0 Å². The number of carbonyl (C=O) groups excluding carboxylic acids is 2. The molecule has 0 radical (unpaired) electrons. The third-order valence-electron chi connectivity index (χ3n) is 3.76. The molecule has 0 unspecified atom stereocenters. The lowest BCUT2D eigenvalue weighted by Crippen LogP contribution is -2.18. The summed E-state index contributed by atoms with van der Waals surface area (Å²) in [4.78, 5) is 27.9. The number of nitrogens with zero attached hydrogens (tertiary/aromatic N) is 1. The van der Waals surface area contributed by atoms with Gasteiger partial charge in [0.25, 0.3) is 5.91 Å². The van der Waals surface area contributed by atoms with Crippen LogP contribution in [-0.4, -0.2) is 31.0 Å². The van der Waals surface area contributed by atoms with Crippen LogP contribution < -0.4 is 20.1 Å². The molecule has 2 amide bonds. The van der Waals surface area contributed by atoms with Crippen molar-refractivity contribution in [1.82, 2.24) is 10.3 Å². The zero-order chi connectivity index (χ0) is 20.1. The predicted octanol–water partition coefficient (Wildman–Crippen LogP) is 3.31. The molecule has 0 spiro atoms. The highest BCUT2D eigenvalue weighted by Gasteiger charge is 2.14. The van der Waals surface area contributed by atoms with Gasteiger partial charge in [0.05, 0.1) is 20.8 Å². The molecule has 2 heterocycles. The number of nitrogens with one attached hydrogen (secondary N) is 2. The third-order valence-corrected chi connectivity index (χ3v) is 4.52. The first-order chi connectivity index (χ1) is 13.5. The number of amides is 2. The van der Waals surface area contributed by atoms with Crippen molar-refractivity contribution in [2.45, 2.75) is 13.5 Å². The first-order valence-corrected chi connectivity index (χ1v) is 9.20. The molecule has 28 heavy (non-hydrogen) atoms. The van der Waals surface area contributed by atoms with Crippen LogP contribution in [0.25, 0.3) is 11.5 Å². The highest BCUT2D eigenvalue weighted by atomic mass is 32.1. The van der Waals surface area contributed by atoms with Crippen molar-refractivity contribution in [2.75, 3.05) is 19.5 Å². The lowest BCUT2D eigenvalue weighted by atomic mass is 10.2. The van der Waals surface area contributed by atoms with Crippen molar-refractivity contribution in [2.24, 2.45) is 0 Å². The Morgan fingerprint density at radius 2 is 1.86 bits per heavy atom. The molecule has 2 N–H and O–H groups in total. The Hall–Kier alpha value is -3.33. The summed E-state index contributed by atoms with van der Waals surface area (Å²) in [6.07, 6.45) is 0. The Balaban J connectivity index is 1.71. The highest BCUT2D eigenvalue weighted by Crippen LogP contribution is 2.28. The summed E-state index contributed by atoms with van der Waals surface area (Å²) >= 11 is 1.28. The van der Waals surface area contributed by atoms with Gasteiger partial charge in [-0.1, -0.05) is 0 Å². The van der Waals surface area contributed by atoms with E-state index in [1.54, 1.807) is 35.7 Å². The number of aromatic nitrogens is 1. The number of benzene rings is 1. The molecule has 0 atom stereocenters. The van der Waals surface area contributed by atoms with Crippen molar-refractivity contribution in [3.05, 3.63) is 47.0 Å². The molecule has 0 aliphatic rings. The molecule has 8 nitrogen and oxygen atoms in total. The largest absolute Gasteiger partial charge is 0.497 e. The van der Waals surface area contributed by atoms with Gasteiger partial charge >= 0.3 is 0 Å². The van der Waals surface area contributed by atoms with Crippen LogP contribution in [0.1, 0.15) is 23.0 Å². The summed E-state index contributed by atoms with van der Waals surface area (Å²) in [5.74, 6) is 1.75. The number of furan rings is 1. The van der Waals surface area contributed by atoms with Gasteiger partial charge in [-0.3, -0.25) is 14.9 Å². The maximum absolute atomic E-state index is 12.5. The average molecular weight is 401 g/mol. The predicted molar refractivity (Wildman–Crippen MR) is 105 cm³/mol. The topological polar surface area (TPSA) is 103 Å². The second kappa shape index (κ2) is 8.57. The van der Waals surface area contributed by atoms with E-state index in [1.807, 2.05) is 0 Å². The zero-order valence-corrected chi connectivity index (χ0v) is 16.4. The lowest BCUT2D eigenvalue weighted by molar-refractivity contribution is -0.119.